The predicted molar refractivity (Wildman–Crippen MR) is 110 cm³/mol. The molecule has 1 amide bonds. The van der Waals surface area contributed by atoms with E-state index in [4.69, 9.17) is 0 Å². The molecule has 2 aromatic heterocycles. The van der Waals surface area contributed by atoms with Crippen molar-refractivity contribution < 1.29 is 9.90 Å². The lowest BCUT2D eigenvalue weighted by Crippen LogP contribution is -2.52. The monoisotopic (exact) mass is 391 g/mol. The molecule has 0 spiro atoms. The van der Waals surface area contributed by atoms with Gasteiger partial charge in [0.05, 0.1) is 23.3 Å². The Morgan fingerprint density at radius 1 is 1.28 bits per heavy atom. The summed E-state index contributed by atoms with van der Waals surface area (Å²) in [6.45, 7) is 2.25. The van der Waals surface area contributed by atoms with Gasteiger partial charge in [0.1, 0.15) is 11.4 Å². The zero-order valence-corrected chi connectivity index (χ0v) is 16.4. The number of piperidine rings is 1. The first-order valence-corrected chi connectivity index (χ1v) is 10.2. The van der Waals surface area contributed by atoms with Crippen LogP contribution in [-0.4, -0.2) is 49.5 Å². The highest BCUT2D eigenvalue weighted by Gasteiger charge is 2.49. The number of pyridine rings is 1. The Labute approximate surface area is 169 Å². The van der Waals surface area contributed by atoms with Gasteiger partial charge in [0.25, 0.3) is 0 Å². The summed E-state index contributed by atoms with van der Waals surface area (Å²) < 4.78 is 0. The average Bonchev–Trinajstić information content (AvgIpc) is 3.18. The zero-order valence-electron chi connectivity index (χ0n) is 16.4. The summed E-state index contributed by atoms with van der Waals surface area (Å²) in [6, 6.07) is 11.8. The first kappa shape index (κ1) is 18.3. The number of fused-ring (bicyclic) bond motifs is 3. The third kappa shape index (κ3) is 3.41. The van der Waals surface area contributed by atoms with Crippen molar-refractivity contribution in [2.75, 3.05) is 11.9 Å². The van der Waals surface area contributed by atoms with Crippen molar-refractivity contribution in [3.05, 3.63) is 54.1 Å². The van der Waals surface area contributed by atoms with Crippen LogP contribution < -0.4 is 5.32 Å². The van der Waals surface area contributed by atoms with Crippen LogP contribution in [0.1, 0.15) is 37.2 Å². The fraction of sp³-hybridized carbons (Fsp3) is 0.409. The Morgan fingerprint density at radius 2 is 2.07 bits per heavy atom. The Balaban J connectivity index is 1.27. The van der Waals surface area contributed by atoms with Gasteiger partial charge in [0.15, 0.2) is 0 Å². The van der Waals surface area contributed by atoms with Gasteiger partial charge in [0.2, 0.25) is 5.91 Å². The maximum atomic E-state index is 12.7. The van der Waals surface area contributed by atoms with Gasteiger partial charge in [-0.3, -0.25) is 14.7 Å². The molecule has 1 aromatic carbocycles. The highest BCUT2D eigenvalue weighted by atomic mass is 16.3. The van der Waals surface area contributed by atoms with E-state index in [2.05, 4.69) is 25.2 Å². The van der Waals surface area contributed by atoms with Crippen molar-refractivity contribution >= 4 is 22.6 Å². The molecule has 29 heavy (non-hydrogen) atoms. The Hall–Kier alpha value is -2.77. The molecule has 2 saturated heterocycles. The lowest BCUT2D eigenvalue weighted by molar-refractivity contribution is -0.121. The summed E-state index contributed by atoms with van der Waals surface area (Å²) >= 11 is 0. The van der Waals surface area contributed by atoms with Crippen molar-refractivity contribution in [3.8, 4) is 0 Å². The quantitative estimate of drug-likeness (QED) is 0.636. The molecule has 0 radical (unpaired) electrons. The number of aromatic nitrogens is 3. The Kier molecular flexibility index (Phi) is 4.37. The third-order valence-electron chi connectivity index (χ3n) is 6.27. The van der Waals surface area contributed by atoms with Crippen LogP contribution >= 0.6 is 0 Å². The van der Waals surface area contributed by atoms with Crippen molar-refractivity contribution in [2.24, 2.45) is 0 Å². The lowest BCUT2D eigenvalue weighted by Gasteiger charge is -2.43. The number of hydrogen-bond acceptors (Lipinski definition) is 5. The molecule has 2 aliphatic heterocycles. The van der Waals surface area contributed by atoms with Gasteiger partial charge in [-0.2, -0.15) is 0 Å². The predicted octanol–water partition coefficient (Wildman–Crippen LogP) is 2.72. The molecule has 2 bridgehead atoms. The molecule has 2 unspecified atom stereocenters. The summed E-state index contributed by atoms with van der Waals surface area (Å²) in [5.74, 6) is 0.828. The normalized spacial score (nSPS) is 26.7. The second kappa shape index (κ2) is 6.93. The molecular formula is C22H25N5O2. The van der Waals surface area contributed by atoms with Crippen molar-refractivity contribution in [2.45, 2.75) is 50.3 Å². The second-order valence-electron chi connectivity index (χ2n) is 8.31. The number of aryl methyl sites for hydroxylation is 1. The molecule has 2 atom stereocenters. The highest BCUT2D eigenvalue weighted by molar-refractivity contribution is 5.94. The Morgan fingerprint density at radius 3 is 2.79 bits per heavy atom. The standard InChI is InChI=1S/C22H25N5O2/c1-14-24-18-8-5-15(10-19(18)25-14)26-21(28)13-27-16-6-7-17(27)12-22(29,11-16)20-4-2-3-9-23-20/h2-5,8-10,16-17,29H,6-7,11-13H2,1H3,(H,24,25)(H,26,28). The van der Waals surface area contributed by atoms with E-state index in [0.717, 1.165) is 41.1 Å². The largest absolute Gasteiger partial charge is 0.383 e. The first-order valence-electron chi connectivity index (χ1n) is 10.2. The van der Waals surface area contributed by atoms with E-state index in [0.29, 0.717) is 19.4 Å². The summed E-state index contributed by atoms with van der Waals surface area (Å²) in [6.07, 6.45) is 4.98. The van der Waals surface area contributed by atoms with E-state index >= 15 is 0 Å². The van der Waals surface area contributed by atoms with Crippen molar-refractivity contribution in [1.29, 1.82) is 0 Å². The highest BCUT2D eigenvalue weighted by Crippen LogP contribution is 2.44. The first-order chi connectivity index (χ1) is 14.0. The number of anilines is 1. The number of aliphatic hydroxyl groups is 1. The van der Waals surface area contributed by atoms with Crippen LogP contribution in [0.5, 0.6) is 0 Å². The molecule has 0 saturated carbocycles. The van der Waals surface area contributed by atoms with Gasteiger partial charge in [-0.25, -0.2) is 4.98 Å². The minimum absolute atomic E-state index is 0.0271. The van der Waals surface area contributed by atoms with E-state index < -0.39 is 5.60 Å². The van der Waals surface area contributed by atoms with Crippen LogP contribution in [0.4, 0.5) is 5.69 Å². The topological polar surface area (TPSA) is 94.1 Å². The molecule has 3 aromatic rings. The summed E-state index contributed by atoms with van der Waals surface area (Å²) in [7, 11) is 0. The number of hydrogen-bond donors (Lipinski definition) is 3. The molecule has 5 rings (SSSR count). The van der Waals surface area contributed by atoms with Crippen LogP contribution in [0.3, 0.4) is 0 Å². The number of aromatic amines is 1. The second-order valence-corrected chi connectivity index (χ2v) is 8.31. The van der Waals surface area contributed by atoms with Gasteiger partial charge in [-0.15, -0.1) is 0 Å². The lowest BCUT2D eigenvalue weighted by atomic mass is 9.83. The van der Waals surface area contributed by atoms with Crippen molar-refractivity contribution in [1.82, 2.24) is 19.9 Å². The summed E-state index contributed by atoms with van der Waals surface area (Å²) in [4.78, 5) is 26.9. The average molecular weight is 391 g/mol. The number of carbonyl (C=O) groups is 1. The molecule has 4 heterocycles. The minimum Gasteiger partial charge on any atom is -0.383 e. The maximum Gasteiger partial charge on any atom is 0.238 e. The van der Waals surface area contributed by atoms with Crippen LogP contribution in [0.2, 0.25) is 0 Å². The van der Waals surface area contributed by atoms with Crippen LogP contribution in [0.25, 0.3) is 11.0 Å². The van der Waals surface area contributed by atoms with E-state index in [-0.39, 0.29) is 18.0 Å². The van der Waals surface area contributed by atoms with Gasteiger partial charge < -0.3 is 15.4 Å². The molecule has 2 aliphatic rings. The number of benzene rings is 1. The molecule has 3 N–H and O–H groups in total. The van der Waals surface area contributed by atoms with E-state index in [1.165, 1.54) is 0 Å². The van der Waals surface area contributed by atoms with Gasteiger partial charge >= 0.3 is 0 Å². The fourth-order valence-corrected chi connectivity index (χ4v) is 5.00. The van der Waals surface area contributed by atoms with Gasteiger partial charge in [0, 0.05) is 24.0 Å². The molecule has 7 heteroatoms. The smallest absolute Gasteiger partial charge is 0.238 e. The number of nitrogens with zero attached hydrogens (tertiary/aromatic N) is 3. The van der Waals surface area contributed by atoms with Crippen molar-refractivity contribution in [3.63, 3.8) is 0 Å². The molecule has 150 valence electrons. The number of carbonyl (C=O) groups excluding carboxylic acids is 1. The van der Waals surface area contributed by atoms with Gasteiger partial charge in [-0.05, 0) is 62.9 Å². The SMILES string of the molecule is Cc1nc2ccc(NC(=O)CN3C4CCC3CC(O)(c3ccccn3)C4)cc2[nH]1. The van der Waals surface area contributed by atoms with Crippen LogP contribution in [0.15, 0.2) is 42.6 Å². The fourth-order valence-electron chi connectivity index (χ4n) is 5.00. The molecule has 0 aliphatic carbocycles. The number of nitrogens with one attached hydrogen (secondary N) is 2. The molecule has 2 fully saturated rings. The third-order valence-corrected chi connectivity index (χ3v) is 6.27. The zero-order chi connectivity index (χ0) is 20.0. The van der Waals surface area contributed by atoms with Gasteiger partial charge in [-0.1, -0.05) is 6.07 Å². The molecule has 7 nitrogen and oxygen atoms in total. The number of imidazole rings is 1. The van der Waals surface area contributed by atoms with E-state index in [1.807, 2.05) is 43.3 Å². The number of amides is 1. The maximum absolute atomic E-state index is 12.7. The van der Waals surface area contributed by atoms with Crippen LogP contribution in [0, 0.1) is 6.92 Å². The minimum atomic E-state index is -0.899. The molecular weight excluding hydrogens is 366 g/mol. The summed E-state index contributed by atoms with van der Waals surface area (Å²) in [5.41, 5.74) is 2.41. The van der Waals surface area contributed by atoms with E-state index in [9.17, 15) is 9.90 Å². The summed E-state index contributed by atoms with van der Waals surface area (Å²) in [5, 5.41) is 14.2. The Bertz CT molecular complexity index is 1030. The van der Waals surface area contributed by atoms with Crippen LogP contribution in [-0.2, 0) is 10.4 Å². The van der Waals surface area contributed by atoms with E-state index in [1.54, 1.807) is 6.20 Å². The number of H-pyrrole nitrogens is 1. The number of rotatable bonds is 4.